The van der Waals surface area contributed by atoms with Crippen LogP contribution < -0.4 is 5.32 Å². The van der Waals surface area contributed by atoms with Gasteiger partial charge in [0.25, 0.3) is 5.91 Å². The van der Waals surface area contributed by atoms with E-state index in [-0.39, 0.29) is 36.0 Å². The van der Waals surface area contributed by atoms with Crippen molar-refractivity contribution in [3.63, 3.8) is 0 Å². The molecule has 0 radical (unpaired) electrons. The van der Waals surface area contributed by atoms with E-state index in [0.29, 0.717) is 55.5 Å². The summed E-state index contributed by atoms with van der Waals surface area (Å²) in [5, 5.41) is 3.34. The van der Waals surface area contributed by atoms with Crippen LogP contribution in [0.1, 0.15) is 23.2 Å². The molecule has 1 atom stereocenters. The Morgan fingerprint density at radius 1 is 0.912 bits per heavy atom. The van der Waals surface area contributed by atoms with Gasteiger partial charge in [0.05, 0.1) is 12.5 Å². The maximum atomic E-state index is 13.1. The van der Waals surface area contributed by atoms with E-state index >= 15 is 0 Å². The third kappa shape index (κ3) is 6.12. The van der Waals surface area contributed by atoms with Crippen molar-refractivity contribution in [2.75, 3.05) is 51.1 Å². The molecule has 4 rings (SSSR count). The number of hydrogen-bond donors (Lipinski definition) is 1. The lowest BCUT2D eigenvalue weighted by atomic mass is 9.95. The third-order valence-corrected chi connectivity index (χ3v) is 6.58. The first-order chi connectivity index (χ1) is 16.4. The average molecular weight is 487 g/mol. The molecule has 0 bridgehead atoms. The third-order valence-electron chi connectivity index (χ3n) is 6.33. The van der Waals surface area contributed by atoms with Gasteiger partial charge in [-0.2, -0.15) is 0 Å². The van der Waals surface area contributed by atoms with E-state index in [1.807, 2.05) is 9.80 Å². The summed E-state index contributed by atoms with van der Waals surface area (Å²) in [7, 11) is 0. The summed E-state index contributed by atoms with van der Waals surface area (Å²) in [5.74, 6) is -0.738. The van der Waals surface area contributed by atoms with E-state index in [2.05, 4.69) is 5.32 Å². The number of piperidine rings is 1. The SMILES string of the molecule is O=C(CN1CCN(C(=O)[C@H]2CCCN(C(=O)c3ccc(Cl)cc3)C2)CC1)Nc1ccc(F)cc1. The lowest BCUT2D eigenvalue weighted by Gasteiger charge is -2.38. The number of nitrogens with one attached hydrogen (secondary N) is 1. The zero-order valence-electron chi connectivity index (χ0n) is 18.9. The lowest BCUT2D eigenvalue weighted by molar-refractivity contribution is -0.138. The molecular formula is C25H28ClFN4O3. The Hall–Kier alpha value is -2.97. The van der Waals surface area contributed by atoms with Crippen molar-refractivity contribution >= 4 is 35.0 Å². The highest BCUT2D eigenvalue weighted by Crippen LogP contribution is 2.22. The molecule has 0 aromatic heterocycles. The van der Waals surface area contributed by atoms with E-state index < -0.39 is 0 Å². The van der Waals surface area contributed by atoms with Crippen molar-refractivity contribution < 1.29 is 18.8 Å². The maximum Gasteiger partial charge on any atom is 0.253 e. The molecule has 0 saturated carbocycles. The number of carbonyl (C=O) groups excluding carboxylic acids is 3. The average Bonchev–Trinajstić information content (AvgIpc) is 2.85. The number of carbonyl (C=O) groups is 3. The standard InChI is InChI=1S/C25H28ClFN4O3/c26-20-5-3-18(4-6-20)24(33)31-11-1-2-19(16-31)25(34)30-14-12-29(13-15-30)17-23(32)28-22-9-7-21(27)8-10-22/h3-10,19H,1-2,11-17H2,(H,28,32)/t19-/m0/s1. The second-order valence-electron chi connectivity index (χ2n) is 8.75. The molecule has 1 N–H and O–H groups in total. The van der Waals surface area contributed by atoms with Crippen LogP contribution in [0.3, 0.4) is 0 Å². The summed E-state index contributed by atoms with van der Waals surface area (Å²) in [4.78, 5) is 43.9. The highest BCUT2D eigenvalue weighted by molar-refractivity contribution is 6.30. The first kappa shape index (κ1) is 24.2. The molecule has 2 saturated heterocycles. The fraction of sp³-hybridized carbons (Fsp3) is 0.400. The van der Waals surface area contributed by atoms with Gasteiger partial charge in [-0.15, -0.1) is 0 Å². The quantitative estimate of drug-likeness (QED) is 0.705. The second kappa shape index (κ2) is 11.0. The van der Waals surface area contributed by atoms with Gasteiger partial charge in [-0.1, -0.05) is 11.6 Å². The van der Waals surface area contributed by atoms with Crippen molar-refractivity contribution in [3.05, 3.63) is 64.9 Å². The molecule has 2 heterocycles. The van der Waals surface area contributed by atoms with E-state index in [9.17, 15) is 18.8 Å². The van der Waals surface area contributed by atoms with Gasteiger partial charge in [-0.05, 0) is 61.4 Å². The Morgan fingerprint density at radius 2 is 1.59 bits per heavy atom. The van der Waals surface area contributed by atoms with Crippen molar-refractivity contribution in [1.29, 1.82) is 0 Å². The number of hydrogen-bond acceptors (Lipinski definition) is 4. The number of anilines is 1. The highest BCUT2D eigenvalue weighted by atomic mass is 35.5. The minimum Gasteiger partial charge on any atom is -0.340 e. The largest absolute Gasteiger partial charge is 0.340 e. The van der Waals surface area contributed by atoms with Crippen molar-refractivity contribution in [2.24, 2.45) is 5.92 Å². The van der Waals surface area contributed by atoms with Crippen LogP contribution >= 0.6 is 11.6 Å². The number of nitrogens with zero attached hydrogens (tertiary/aromatic N) is 3. The van der Waals surface area contributed by atoms with Crippen LogP contribution in [0.4, 0.5) is 10.1 Å². The minimum atomic E-state index is -0.353. The summed E-state index contributed by atoms with van der Waals surface area (Å²) in [6.07, 6.45) is 1.56. The minimum absolute atomic E-state index is 0.0732. The molecule has 2 fully saturated rings. The zero-order valence-corrected chi connectivity index (χ0v) is 19.6. The smallest absolute Gasteiger partial charge is 0.253 e. The van der Waals surface area contributed by atoms with E-state index in [1.165, 1.54) is 24.3 Å². The molecule has 2 aromatic rings. The molecule has 180 valence electrons. The van der Waals surface area contributed by atoms with E-state index in [1.54, 1.807) is 29.2 Å². The number of likely N-dealkylation sites (tertiary alicyclic amines) is 1. The maximum absolute atomic E-state index is 13.1. The predicted molar refractivity (Wildman–Crippen MR) is 128 cm³/mol. The summed E-state index contributed by atoms with van der Waals surface area (Å²) in [6.45, 7) is 3.56. The van der Waals surface area contributed by atoms with Gasteiger partial charge in [0, 0.05) is 55.5 Å². The molecule has 7 nitrogen and oxygen atoms in total. The Kier molecular flexibility index (Phi) is 7.80. The first-order valence-corrected chi connectivity index (χ1v) is 11.9. The van der Waals surface area contributed by atoms with Gasteiger partial charge in [-0.25, -0.2) is 4.39 Å². The number of benzene rings is 2. The van der Waals surface area contributed by atoms with Gasteiger partial charge in [0.15, 0.2) is 0 Å². The van der Waals surface area contributed by atoms with Crippen LogP contribution in [0.25, 0.3) is 0 Å². The number of piperazine rings is 1. The van der Waals surface area contributed by atoms with Crippen LogP contribution in [0.2, 0.25) is 5.02 Å². The van der Waals surface area contributed by atoms with Gasteiger partial charge >= 0.3 is 0 Å². The van der Waals surface area contributed by atoms with Crippen molar-refractivity contribution in [1.82, 2.24) is 14.7 Å². The Labute approximate surface area is 203 Å². The number of halogens is 2. The van der Waals surface area contributed by atoms with Crippen LogP contribution in [0.5, 0.6) is 0 Å². The predicted octanol–water partition coefficient (Wildman–Crippen LogP) is 3.11. The van der Waals surface area contributed by atoms with Gasteiger partial charge in [0.1, 0.15) is 5.82 Å². The fourth-order valence-electron chi connectivity index (χ4n) is 4.46. The van der Waals surface area contributed by atoms with Gasteiger partial charge < -0.3 is 15.1 Å². The van der Waals surface area contributed by atoms with Crippen molar-refractivity contribution in [3.8, 4) is 0 Å². The first-order valence-electron chi connectivity index (χ1n) is 11.5. The van der Waals surface area contributed by atoms with Gasteiger partial charge in [0.2, 0.25) is 11.8 Å². The van der Waals surface area contributed by atoms with Crippen LogP contribution in [-0.4, -0.2) is 78.2 Å². The second-order valence-corrected chi connectivity index (χ2v) is 9.19. The summed E-state index contributed by atoms with van der Waals surface area (Å²) in [6, 6.07) is 12.5. The highest BCUT2D eigenvalue weighted by Gasteiger charge is 2.33. The molecule has 9 heteroatoms. The molecule has 2 aliphatic rings. The number of rotatable bonds is 5. The van der Waals surface area contributed by atoms with E-state index in [0.717, 1.165) is 12.8 Å². The molecule has 3 amide bonds. The normalized spacial score (nSPS) is 19.1. The summed E-state index contributed by atoms with van der Waals surface area (Å²) >= 11 is 5.92. The van der Waals surface area contributed by atoms with Gasteiger partial charge in [-0.3, -0.25) is 19.3 Å². The molecule has 2 aromatic carbocycles. The van der Waals surface area contributed by atoms with Crippen molar-refractivity contribution in [2.45, 2.75) is 12.8 Å². The molecule has 0 unspecified atom stereocenters. The molecular weight excluding hydrogens is 459 g/mol. The number of amides is 3. The Morgan fingerprint density at radius 3 is 2.26 bits per heavy atom. The Balaban J connectivity index is 1.24. The summed E-state index contributed by atoms with van der Waals surface area (Å²) in [5.41, 5.74) is 1.13. The molecule has 34 heavy (non-hydrogen) atoms. The molecule has 2 aliphatic heterocycles. The van der Waals surface area contributed by atoms with E-state index in [4.69, 9.17) is 11.6 Å². The fourth-order valence-corrected chi connectivity index (χ4v) is 4.59. The summed E-state index contributed by atoms with van der Waals surface area (Å²) < 4.78 is 13.0. The van der Waals surface area contributed by atoms with Crippen LogP contribution in [0, 0.1) is 11.7 Å². The Bertz CT molecular complexity index is 1020. The zero-order chi connectivity index (χ0) is 24.1. The lowest BCUT2D eigenvalue weighted by Crippen LogP contribution is -2.54. The monoisotopic (exact) mass is 486 g/mol. The van der Waals surface area contributed by atoms with Crippen LogP contribution in [0.15, 0.2) is 48.5 Å². The topological polar surface area (TPSA) is 73.0 Å². The molecule has 0 spiro atoms. The van der Waals surface area contributed by atoms with Crippen LogP contribution in [-0.2, 0) is 9.59 Å². The molecule has 0 aliphatic carbocycles.